The van der Waals surface area contributed by atoms with Gasteiger partial charge in [0, 0.05) is 26.7 Å². The second-order valence-electron chi connectivity index (χ2n) is 3.56. The quantitative estimate of drug-likeness (QED) is 0.467. The Morgan fingerprint density at radius 2 is 2.50 bits per heavy atom. The summed E-state index contributed by atoms with van der Waals surface area (Å²) in [6.07, 6.45) is 1.06. The highest BCUT2D eigenvalue weighted by Crippen LogP contribution is 1.97. The molecule has 0 radical (unpaired) electrons. The largest absolute Gasteiger partial charge is 0.356 e. The number of hydrazine groups is 1. The van der Waals surface area contributed by atoms with Crippen LogP contribution >= 0.6 is 0 Å². The fraction of sp³-hybridized carbons (Fsp3) is 0.750. The Morgan fingerprint density at radius 1 is 1.64 bits per heavy atom. The molecule has 78 valence electrons. The maximum absolute atomic E-state index is 11.4. The highest BCUT2D eigenvalue weighted by atomic mass is 16.2. The van der Waals surface area contributed by atoms with E-state index in [1.807, 2.05) is 7.05 Å². The van der Waals surface area contributed by atoms with Gasteiger partial charge in [0.1, 0.15) is 6.04 Å². The second kappa shape index (κ2) is 3.83. The lowest BCUT2D eigenvalue weighted by Gasteiger charge is -2.18. The molecule has 2 heterocycles. The highest BCUT2D eigenvalue weighted by Gasteiger charge is 2.28. The molecular weight excluding hydrogens is 182 g/mol. The number of nitrogens with one attached hydrogen (secondary N) is 3. The van der Waals surface area contributed by atoms with Gasteiger partial charge in [0.15, 0.2) is 5.96 Å². The van der Waals surface area contributed by atoms with Crippen molar-refractivity contribution in [2.24, 2.45) is 4.99 Å². The first-order valence-electron chi connectivity index (χ1n) is 4.82. The summed E-state index contributed by atoms with van der Waals surface area (Å²) in [5.74, 6) is 0.745. The summed E-state index contributed by atoms with van der Waals surface area (Å²) in [7, 11) is 1.84. The summed E-state index contributed by atoms with van der Waals surface area (Å²) in [4.78, 5) is 15.6. The Balaban J connectivity index is 1.90. The number of nitrogens with zero attached hydrogens (tertiary/aromatic N) is 2. The first kappa shape index (κ1) is 9.26. The number of rotatable bonds is 1. The Bertz CT molecular complexity index is 264. The van der Waals surface area contributed by atoms with Crippen molar-refractivity contribution < 1.29 is 4.79 Å². The first-order chi connectivity index (χ1) is 6.75. The Labute approximate surface area is 82.7 Å². The molecule has 0 aromatic rings. The smallest absolute Gasteiger partial charge is 0.258 e. The molecule has 1 amide bonds. The normalized spacial score (nSPS) is 27.9. The predicted molar refractivity (Wildman–Crippen MR) is 52.6 cm³/mol. The van der Waals surface area contributed by atoms with Crippen molar-refractivity contribution in [2.45, 2.75) is 12.5 Å². The van der Waals surface area contributed by atoms with Crippen LogP contribution in [0.15, 0.2) is 4.99 Å². The summed E-state index contributed by atoms with van der Waals surface area (Å²) in [5, 5.41) is 7.97. The molecule has 14 heavy (non-hydrogen) atoms. The van der Waals surface area contributed by atoms with Crippen molar-refractivity contribution in [1.29, 1.82) is 0 Å². The molecule has 2 rings (SSSR count). The zero-order valence-corrected chi connectivity index (χ0v) is 8.21. The van der Waals surface area contributed by atoms with Gasteiger partial charge in [-0.15, -0.1) is 0 Å². The van der Waals surface area contributed by atoms with Crippen LogP contribution in [0.1, 0.15) is 6.42 Å². The molecule has 0 bridgehead atoms. The van der Waals surface area contributed by atoms with Crippen LogP contribution in [0.4, 0.5) is 0 Å². The molecule has 1 fully saturated rings. The van der Waals surface area contributed by atoms with E-state index >= 15 is 0 Å². The Kier molecular flexibility index (Phi) is 2.53. The van der Waals surface area contributed by atoms with E-state index in [1.165, 1.54) is 0 Å². The molecule has 2 aliphatic rings. The average Bonchev–Trinajstić information content (AvgIpc) is 2.47. The fourth-order valence-electron chi connectivity index (χ4n) is 1.57. The minimum atomic E-state index is -0.190. The number of guanidine groups is 1. The van der Waals surface area contributed by atoms with Crippen LogP contribution in [0.5, 0.6) is 0 Å². The van der Waals surface area contributed by atoms with Gasteiger partial charge in [-0.3, -0.25) is 15.2 Å². The third-order valence-corrected chi connectivity index (χ3v) is 2.28. The number of hydrogen-bond donors (Lipinski definition) is 3. The van der Waals surface area contributed by atoms with Crippen LogP contribution in [-0.4, -0.2) is 49.6 Å². The average molecular weight is 197 g/mol. The number of likely N-dealkylation sites (N-methyl/N-ethyl adjacent to an activating group) is 1. The van der Waals surface area contributed by atoms with Gasteiger partial charge in [-0.05, 0) is 6.42 Å². The van der Waals surface area contributed by atoms with Gasteiger partial charge >= 0.3 is 0 Å². The van der Waals surface area contributed by atoms with E-state index in [9.17, 15) is 4.79 Å². The van der Waals surface area contributed by atoms with E-state index in [4.69, 9.17) is 0 Å². The topological polar surface area (TPSA) is 68.8 Å². The molecule has 3 N–H and O–H groups in total. The van der Waals surface area contributed by atoms with Gasteiger partial charge in [-0.1, -0.05) is 0 Å². The van der Waals surface area contributed by atoms with E-state index in [0.717, 1.165) is 25.5 Å². The van der Waals surface area contributed by atoms with Gasteiger partial charge in [0.2, 0.25) is 0 Å². The third-order valence-electron chi connectivity index (χ3n) is 2.28. The van der Waals surface area contributed by atoms with Crippen LogP contribution in [0, 0.1) is 0 Å². The molecule has 0 saturated carbocycles. The summed E-state index contributed by atoms with van der Waals surface area (Å²) >= 11 is 0. The maximum Gasteiger partial charge on any atom is 0.258 e. The first-order valence-corrected chi connectivity index (χ1v) is 4.82. The molecule has 1 atom stereocenters. The van der Waals surface area contributed by atoms with Crippen molar-refractivity contribution in [1.82, 2.24) is 21.1 Å². The van der Waals surface area contributed by atoms with E-state index in [1.54, 1.807) is 5.01 Å². The van der Waals surface area contributed by atoms with Crippen LogP contribution in [-0.2, 0) is 4.79 Å². The highest BCUT2D eigenvalue weighted by molar-refractivity contribution is 5.90. The molecule has 6 heteroatoms. The summed E-state index contributed by atoms with van der Waals surface area (Å²) in [5.41, 5.74) is 2.71. The standard InChI is InChI=1S/C8H15N5O/c1-13-5-6(7(14)12-13)11-8-9-3-2-4-10-8/h6H,2-5H2,1H3,(H,12,14)(H2,9,10,11). The lowest BCUT2D eigenvalue weighted by molar-refractivity contribution is -0.122. The summed E-state index contributed by atoms with van der Waals surface area (Å²) in [6.45, 7) is 2.43. The van der Waals surface area contributed by atoms with Crippen LogP contribution in [0.2, 0.25) is 0 Å². The molecule has 0 aromatic heterocycles. The third kappa shape index (κ3) is 1.95. The van der Waals surface area contributed by atoms with Crippen LogP contribution in [0.25, 0.3) is 0 Å². The molecule has 0 aromatic carbocycles. The fourth-order valence-corrected chi connectivity index (χ4v) is 1.57. The van der Waals surface area contributed by atoms with Gasteiger partial charge in [0.25, 0.3) is 5.91 Å². The minimum absolute atomic E-state index is 0.00238. The zero-order valence-electron chi connectivity index (χ0n) is 8.21. The Morgan fingerprint density at radius 3 is 3.07 bits per heavy atom. The van der Waals surface area contributed by atoms with Crippen molar-refractivity contribution in [2.75, 3.05) is 26.7 Å². The lowest BCUT2D eigenvalue weighted by Crippen LogP contribution is -2.49. The predicted octanol–water partition coefficient (Wildman–Crippen LogP) is -1.73. The molecule has 0 aliphatic carbocycles. The number of carbonyl (C=O) groups excluding carboxylic acids is 1. The summed E-state index contributed by atoms with van der Waals surface area (Å²) in [6, 6.07) is -0.190. The van der Waals surface area contributed by atoms with Gasteiger partial charge in [-0.2, -0.15) is 0 Å². The van der Waals surface area contributed by atoms with Crippen molar-refractivity contribution in [3.63, 3.8) is 0 Å². The van der Waals surface area contributed by atoms with Crippen LogP contribution < -0.4 is 16.1 Å². The van der Waals surface area contributed by atoms with Crippen molar-refractivity contribution >= 4 is 11.9 Å². The second-order valence-corrected chi connectivity index (χ2v) is 3.56. The van der Waals surface area contributed by atoms with Gasteiger partial charge < -0.3 is 10.6 Å². The van der Waals surface area contributed by atoms with Gasteiger partial charge in [0.05, 0.1) is 0 Å². The van der Waals surface area contributed by atoms with E-state index in [-0.39, 0.29) is 11.9 Å². The molecule has 1 saturated heterocycles. The van der Waals surface area contributed by atoms with Crippen molar-refractivity contribution in [3.05, 3.63) is 0 Å². The zero-order chi connectivity index (χ0) is 9.97. The minimum Gasteiger partial charge on any atom is -0.356 e. The molecule has 0 spiro atoms. The monoisotopic (exact) mass is 197 g/mol. The Hall–Kier alpha value is -1.30. The van der Waals surface area contributed by atoms with E-state index in [2.05, 4.69) is 21.1 Å². The van der Waals surface area contributed by atoms with Gasteiger partial charge in [-0.25, -0.2) is 5.01 Å². The molecule has 6 nitrogen and oxygen atoms in total. The molecule has 2 aliphatic heterocycles. The summed E-state index contributed by atoms with van der Waals surface area (Å²) < 4.78 is 0. The number of aliphatic imine (C=N–C) groups is 1. The van der Waals surface area contributed by atoms with E-state index in [0.29, 0.717) is 6.54 Å². The van der Waals surface area contributed by atoms with Crippen LogP contribution in [0.3, 0.4) is 0 Å². The SMILES string of the molecule is CN1CC(NC2=NCCCN2)C(=O)N1. The number of carbonyl (C=O) groups is 1. The molecule has 1 unspecified atom stereocenters. The van der Waals surface area contributed by atoms with E-state index < -0.39 is 0 Å². The number of hydrogen-bond acceptors (Lipinski definition) is 5. The lowest BCUT2D eigenvalue weighted by atomic mass is 10.3. The molecular formula is C8H15N5O. The van der Waals surface area contributed by atoms with Crippen molar-refractivity contribution in [3.8, 4) is 0 Å². The maximum atomic E-state index is 11.4. The number of amides is 1.